The van der Waals surface area contributed by atoms with Crippen LogP contribution in [-0.2, 0) is 25.1 Å². The number of furan rings is 1. The van der Waals surface area contributed by atoms with Crippen molar-refractivity contribution in [1.82, 2.24) is 19.5 Å². The van der Waals surface area contributed by atoms with Crippen LogP contribution in [0.4, 0.5) is 5.82 Å². The van der Waals surface area contributed by atoms with Crippen LogP contribution in [0.15, 0.2) is 57.0 Å². The number of aromatic nitrogens is 4. The van der Waals surface area contributed by atoms with Gasteiger partial charge in [-0.1, -0.05) is 30.8 Å². The molecule has 1 aliphatic carbocycles. The Hall–Kier alpha value is -3.17. The summed E-state index contributed by atoms with van der Waals surface area (Å²) in [4.78, 5) is 30.0. The monoisotopic (exact) mass is 489 g/mol. The Morgan fingerprint density at radius 2 is 2.09 bits per heavy atom. The van der Waals surface area contributed by atoms with Gasteiger partial charge in [0.2, 0.25) is 0 Å². The van der Waals surface area contributed by atoms with E-state index < -0.39 is 0 Å². The number of thioether (sulfide) groups is 1. The summed E-state index contributed by atoms with van der Waals surface area (Å²) in [7, 11) is 0. The Bertz CT molecular complexity index is 1570. The zero-order valence-electron chi connectivity index (χ0n) is 18.7. The molecule has 9 heteroatoms. The molecule has 0 radical (unpaired) electrons. The third-order valence-electron chi connectivity index (χ3n) is 6.28. The van der Waals surface area contributed by atoms with Crippen molar-refractivity contribution in [3.8, 4) is 0 Å². The molecule has 1 aromatic carbocycles. The van der Waals surface area contributed by atoms with E-state index >= 15 is 0 Å². The number of nitrogen functional groups attached to an aromatic ring is 1. The molecule has 0 bridgehead atoms. The van der Waals surface area contributed by atoms with E-state index in [2.05, 4.69) is 16.9 Å². The number of nitrogens with zero attached hydrogens (tertiary/aromatic N) is 4. The SMILES string of the molecule is CC1CCc2c(sc3nc(SCc4nc(N)c5ccccc5n4)n(Cc4ccco4)c(=O)c23)C1. The zero-order valence-corrected chi connectivity index (χ0v) is 20.3. The van der Waals surface area contributed by atoms with Gasteiger partial charge in [0.25, 0.3) is 5.56 Å². The summed E-state index contributed by atoms with van der Waals surface area (Å²) >= 11 is 3.11. The number of thiophene rings is 1. The number of fused-ring (bicyclic) bond motifs is 4. The molecule has 0 saturated carbocycles. The number of nitrogens with two attached hydrogens (primary N) is 1. The highest BCUT2D eigenvalue weighted by Gasteiger charge is 2.25. The minimum atomic E-state index is -0.00473. The minimum absolute atomic E-state index is 0.00473. The van der Waals surface area contributed by atoms with Crippen LogP contribution in [0, 0.1) is 5.92 Å². The molecule has 6 rings (SSSR count). The number of anilines is 1. The summed E-state index contributed by atoms with van der Waals surface area (Å²) in [6, 6.07) is 11.4. The molecule has 0 aliphatic heterocycles. The van der Waals surface area contributed by atoms with Crippen LogP contribution in [0.5, 0.6) is 0 Å². The zero-order chi connectivity index (χ0) is 23.2. The predicted molar refractivity (Wildman–Crippen MR) is 136 cm³/mol. The summed E-state index contributed by atoms with van der Waals surface area (Å²) in [5.74, 6) is 2.87. The second kappa shape index (κ2) is 8.56. The average molecular weight is 490 g/mol. The third-order valence-corrected chi connectivity index (χ3v) is 8.40. The molecule has 0 fully saturated rings. The summed E-state index contributed by atoms with van der Waals surface area (Å²) < 4.78 is 7.28. The molecule has 0 saturated heterocycles. The van der Waals surface area contributed by atoms with E-state index in [4.69, 9.17) is 15.1 Å². The molecular formula is C25H23N5O2S2. The first kappa shape index (κ1) is 21.4. The van der Waals surface area contributed by atoms with Gasteiger partial charge in [-0.2, -0.15) is 0 Å². The second-order valence-corrected chi connectivity index (χ2v) is 10.8. The van der Waals surface area contributed by atoms with Gasteiger partial charge < -0.3 is 10.2 Å². The molecule has 0 spiro atoms. The molecule has 172 valence electrons. The van der Waals surface area contributed by atoms with Gasteiger partial charge in [-0.15, -0.1) is 11.3 Å². The van der Waals surface area contributed by atoms with Crippen molar-refractivity contribution >= 4 is 50.0 Å². The first-order valence-corrected chi connectivity index (χ1v) is 13.1. The lowest BCUT2D eigenvalue weighted by Gasteiger charge is -2.17. The van der Waals surface area contributed by atoms with Crippen LogP contribution < -0.4 is 11.3 Å². The average Bonchev–Trinajstić information content (AvgIpc) is 3.47. The molecule has 2 N–H and O–H groups in total. The number of rotatable bonds is 5. The van der Waals surface area contributed by atoms with Gasteiger partial charge in [0.05, 0.1) is 29.5 Å². The molecule has 1 atom stereocenters. The number of aryl methyl sites for hydroxylation is 1. The van der Waals surface area contributed by atoms with E-state index in [-0.39, 0.29) is 5.56 Å². The summed E-state index contributed by atoms with van der Waals surface area (Å²) in [6.45, 7) is 2.60. The van der Waals surface area contributed by atoms with Crippen LogP contribution in [0.1, 0.15) is 35.4 Å². The fourth-order valence-electron chi connectivity index (χ4n) is 4.56. The minimum Gasteiger partial charge on any atom is -0.467 e. The maximum atomic E-state index is 13.8. The fraction of sp³-hybridized carbons (Fsp3) is 0.280. The van der Waals surface area contributed by atoms with Crippen molar-refractivity contribution in [2.75, 3.05) is 5.73 Å². The topological polar surface area (TPSA) is 99.8 Å². The largest absolute Gasteiger partial charge is 0.467 e. The van der Waals surface area contributed by atoms with Crippen molar-refractivity contribution in [3.63, 3.8) is 0 Å². The maximum Gasteiger partial charge on any atom is 0.263 e. The summed E-state index contributed by atoms with van der Waals surface area (Å²) in [6.07, 6.45) is 4.68. The van der Waals surface area contributed by atoms with Gasteiger partial charge in [0.15, 0.2) is 5.16 Å². The Morgan fingerprint density at radius 3 is 2.94 bits per heavy atom. The standard InChI is InChI=1S/C25H23N5O2S2/c1-14-8-9-17-19(11-14)34-23-21(17)24(31)30(12-15-5-4-10-32-15)25(29-23)33-13-20-27-18-7-3-2-6-16(18)22(26)28-20/h2-7,10,14H,8-9,11-13H2,1H3,(H2,26,27,28). The van der Waals surface area contributed by atoms with Gasteiger partial charge in [-0.25, -0.2) is 15.0 Å². The molecular weight excluding hydrogens is 466 g/mol. The van der Waals surface area contributed by atoms with Crippen LogP contribution >= 0.6 is 23.1 Å². The predicted octanol–water partition coefficient (Wildman–Crippen LogP) is 5.04. The Kier molecular flexibility index (Phi) is 5.38. The molecule has 1 unspecified atom stereocenters. The summed E-state index contributed by atoms with van der Waals surface area (Å²) in [5.41, 5.74) is 8.16. The maximum absolute atomic E-state index is 13.8. The summed E-state index contributed by atoms with van der Waals surface area (Å²) in [5, 5.41) is 2.24. The smallest absolute Gasteiger partial charge is 0.263 e. The van der Waals surface area contributed by atoms with Crippen LogP contribution in [-0.4, -0.2) is 19.5 Å². The van der Waals surface area contributed by atoms with E-state index in [1.807, 2.05) is 36.4 Å². The van der Waals surface area contributed by atoms with Gasteiger partial charge >= 0.3 is 0 Å². The third kappa shape index (κ3) is 3.78. The van der Waals surface area contributed by atoms with Crippen LogP contribution in [0.3, 0.4) is 0 Å². The van der Waals surface area contributed by atoms with Crippen LogP contribution in [0.25, 0.3) is 21.1 Å². The highest BCUT2D eigenvalue weighted by Crippen LogP contribution is 2.37. The number of benzene rings is 1. The Labute approximate surface area is 204 Å². The Morgan fingerprint density at radius 1 is 1.21 bits per heavy atom. The number of para-hydroxylation sites is 1. The Balaban J connectivity index is 1.42. The van der Waals surface area contributed by atoms with E-state index in [9.17, 15) is 4.79 Å². The normalized spacial score (nSPS) is 15.7. The van der Waals surface area contributed by atoms with Gasteiger partial charge in [-0.05, 0) is 55.0 Å². The number of hydrogen-bond donors (Lipinski definition) is 1. The lowest BCUT2D eigenvalue weighted by molar-refractivity contribution is 0.476. The first-order chi connectivity index (χ1) is 16.6. The molecule has 7 nitrogen and oxygen atoms in total. The van der Waals surface area contributed by atoms with Crippen molar-refractivity contribution < 1.29 is 4.42 Å². The van der Waals surface area contributed by atoms with Crippen molar-refractivity contribution in [2.45, 2.75) is 43.6 Å². The van der Waals surface area contributed by atoms with Gasteiger partial charge in [-0.3, -0.25) is 9.36 Å². The number of hydrogen-bond acceptors (Lipinski definition) is 8. The van der Waals surface area contributed by atoms with Crippen LogP contribution in [0.2, 0.25) is 0 Å². The van der Waals surface area contributed by atoms with Gasteiger partial charge in [0, 0.05) is 10.3 Å². The lowest BCUT2D eigenvalue weighted by Crippen LogP contribution is -2.24. The quantitative estimate of drug-likeness (QED) is 0.273. The molecule has 4 aromatic heterocycles. The molecule has 1 aliphatic rings. The van der Waals surface area contributed by atoms with E-state index in [1.165, 1.54) is 22.2 Å². The molecule has 5 aromatic rings. The van der Waals surface area contributed by atoms with Crippen molar-refractivity contribution in [2.24, 2.45) is 5.92 Å². The fourth-order valence-corrected chi connectivity index (χ4v) is 6.83. The second-order valence-electron chi connectivity index (χ2n) is 8.73. The first-order valence-electron chi connectivity index (χ1n) is 11.3. The van der Waals surface area contributed by atoms with E-state index in [0.29, 0.717) is 40.8 Å². The van der Waals surface area contributed by atoms with Gasteiger partial charge in [0.1, 0.15) is 22.2 Å². The van der Waals surface area contributed by atoms with E-state index in [1.54, 1.807) is 22.2 Å². The highest BCUT2D eigenvalue weighted by molar-refractivity contribution is 7.98. The molecule has 4 heterocycles. The molecule has 34 heavy (non-hydrogen) atoms. The molecule has 0 amide bonds. The van der Waals surface area contributed by atoms with Crippen molar-refractivity contribution in [3.05, 3.63) is 75.0 Å². The lowest BCUT2D eigenvalue weighted by atomic mass is 9.89. The highest BCUT2D eigenvalue weighted by atomic mass is 32.2. The van der Waals surface area contributed by atoms with Crippen molar-refractivity contribution in [1.29, 1.82) is 0 Å². The van der Waals surface area contributed by atoms with E-state index in [0.717, 1.165) is 40.4 Å².